The Morgan fingerprint density at radius 1 is 0.864 bits per heavy atom. The number of ether oxygens (including phenoxy) is 1. The Kier molecular flexibility index (Phi) is 10.9. The van der Waals surface area contributed by atoms with Crippen molar-refractivity contribution in [2.24, 2.45) is 0 Å². The van der Waals surface area contributed by atoms with Crippen molar-refractivity contribution in [2.75, 3.05) is 25.0 Å². The molecule has 0 fully saturated rings. The fraction of sp³-hybridized carbons (Fsp3) is 0.212. The first kappa shape index (κ1) is 32.9. The minimum absolute atomic E-state index is 0.00461. The molecule has 44 heavy (non-hydrogen) atoms. The Bertz CT molecular complexity index is 1720. The number of carbonyl (C=O) groups excluding carboxylic acids is 2. The molecule has 0 heterocycles. The summed E-state index contributed by atoms with van der Waals surface area (Å²) in [5, 5.41) is 3.29. The number of aryl methyl sites for hydroxylation is 1. The molecule has 11 heteroatoms. The van der Waals surface area contributed by atoms with Crippen molar-refractivity contribution in [1.82, 2.24) is 10.2 Å². The number of rotatable bonds is 12. The number of likely N-dealkylation sites (N-methyl/N-ethyl adjacent to an activating group) is 1. The molecular weight excluding hydrogens is 621 g/mol. The number of hydrogen-bond acceptors (Lipinski definition) is 5. The van der Waals surface area contributed by atoms with Gasteiger partial charge in [-0.2, -0.15) is 0 Å². The highest BCUT2D eigenvalue weighted by molar-refractivity contribution is 7.92. The molecule has 0 saturated carbocycles. The van der Waals surface area contributed by atoms with Crippen LogP contribution in [0.25, 0.3) is 0 Å². The summed E-state index contributed by atoms with van der Waals surface area (Å²) >= 11 is 12.4. The van der Waals surface area contributed by atoms with E-state index in [0.717, 1.165) is 15.4 Å². The van der Waals surface area contributed by atoms with Crippen molar-refractivity contribution in [3.8, 4) is 5.75 Å². The zero-order chi connectivity index (χ0) is 31.9. The van der Waals surface area contributed by atoms with Crippen LogP contribution < -0.4 is 14.4 Å². The highest BCUT2D eigenvalue weighted by Gasteiger charge is 2.35. The van der Waals surface area contributed by atoms with Crippen molar-refractivity contribution < 1.29 is 22.7 Å². The van der Waals surface area contributed by atoms with E-state index in [-0.39, 0.29) is 34.3 Å². The van der Waals surface area contributed by atoms with Crippen LogP contribution in [-0.4, -0.2) is 51.9 Å². The first-order valence-corrected chi connectivity index (χ1v) is 16.0. The van der Waals surface area contributed by atoms with Gasteiger partial charge < -0.3 is 15.0 Å². The maximum atomic E-state index is 14.4. The summed E-state index contributed by atoms with van der Waals surface area (Å²) in [6.07, 6.45) is 0.187. The van der Waals surface area contributed by atoms with Gasteiger partial charge in [0.25, 0.3) is 10.0 Å². The number of halogens is 2. The third kappa shape index (κ3) is 7.72. The summed E-state index contributed by atoms with van der Waals surface area (Å²) in [6.45, 7) is 1.20. The minimum Gasteiger partial charge on any atom is -0.495 e. The average molecular weight is 655 g/mol. The van der Waals surface area contributed by atoms with E-state index in [1.54, 1.807) is 54.6 Å². The van der Waals surface area contributed by atoms with Gasteiger partial charge in [0.2, 0.25) is 11.8 Å². The van der Waals surface area contributed by atoms with Crippen LogP contribution in [0.3, 0.4) is 0 Å². The van der Waals surface area contributed by atoms with Gasteiger partial charge >= 0.3 is 0 Å². The summed E-state index contributed by atoms with van der Waals surface area (Å²) in [7, 11) is -1.34. The molecule has 4 aromatic carbocycles. The van der Waals surface area contributed by atoms with Gasteiger partial charge in [0.15, 0.2) is 0 Å². The van der Waals surface area contributed by atoms with E-state index in [2.05, 4.69) is 5.32 Å². The Morgan fingerprint density at radius 2 is 1.52 bits per heavy atom. The largest absolute Gasteiger partial charge is 0.495 e. The summed E-state index contributed by atoms with van der Waals surface area (Å²) in [6, 6.07) is 26.2. The van der Waals surface area contributed by atoms with Gasteiger partial charge in [-0.15, -0.1) is 0 Å². The second-order valence-corrected chi connectivity index (χ2v) is 12.8. The third-order valence-electron chi connectivity index (χ3n) is 7.10. The number of nitrogens with one attached hydrogen (secondary N) is 1. The van der Waals surface area contributed by atoms with E-state index in [1.165, 1.54) is 31.2 Å². The smallest absolute Gasteiger partial charge is 0.264 e. The number of amides is 2. The van der Waals surface area contributed by atoms with E-state index in [4.69, 9.17) is 27.9 Å². The quantitative estimate of drug-likeness (QED) is 0.206. The van der Waals surface area contributed by atoms with Crippen LogP contribution in [0, 0.1) is 6.92 Å². The van der Waals surface area contributed by atoms with E-state index in [0.29, 0.717) is 10.6 Å². The number of nitrogens with zero attached hydrogens (tertiary/aromatic N) is 2. The Balaban J connectivity index is 1.82. The molecule has 4 aromatic rings. The van der Waals surface area contributed by atoms with Gasteiger partial charge in [-0.3, -0.25) is 13.9 Å². The maximum Gasteiger partial charge on any atom is 0.264 e. The second kappa shape index (κ2) is 14.6. The second-order valence-electron chi connectivity index (χ2n) is 10.1. The van der Waals surface area contributed by atoms with Crippen molar-refractivity contribution in [3.63, 3.8) is 0 Å². The predicted molar refractivity (Wildman–Crippen MR) is 174 cm³/mol. The molecule has 0 unspecified atom stereocenters. The van der Waals surface area contributed by atoms with Crippen LogP contribution in [0.1, 0.15) is 16.7 Å². The van der Waals surface area contributed by atoms with Crippen LogP contribution in [-0.2, 0) is 32.6 Å². The molecule has 1 atom stereocenters. The molecule has 8 nitrogen and oxygen atoms in total. The highest BCUT2D eigenvalue weighted by atomic mass is 35.5. The zero-order valence-corrected chi connectivity index (χ0v) is 26.9. The molecule has 0 spiro atoms. The SMILES string of the molecule is CNC(=O)[C@H](Cc1ccccc1)N(Cc1ccc(Cl)c(Cl)c1)C(=O)CN(c1ccccc1OC)S(=O)(=O)c1ccc(C)cc1. The summed E-state index contributed by atoms with van der Waals surface area (Å²) in [4.78, 5) is 29.2. The molecule has 0 bridgehead atoms. The fourth-order valence-electron chi connectivity index (χ4n) is 4.74. The van der Waals surface area contributed by atoms with Crippen molar-refractivity contribution in [1.29, 1.82) is 0 Å². The van der Waals surface area contributed by atoms with E-state index in [1.807, 2.05) is 37.3 Å². The van der Waals surface area contributed by atoms with Crippen LogP contribution in [0.5, 0.6) is 5.75 Å². The molecule has 4 rings (SSSR count). The molecule has 0 radical (unpaired) electrons. The number of sulfonamides is 1. The first-order chi connectivity index (χ1) is 21.0. The van der Waals surface area contributed by atoms with E-state index in [9.17, 15) is 18.0 Å². The summed E-state index contributed by atoms with van der Waals surface area (Å²) in [5.41, 5.74) is 2.49. The Labute approximate surface area is 268 Å². The number of hydrogen-bond donors (Lipinski definition) is 1. The van der Waals surface area contributed by atoms with Crippen LogP contribution in [0.15, 0.2) is 102 Å². The van der Waals surface area contributed by atoms with Crippen LogP contribution in [0.4, 0.5) is 5.69 Å². The average Bonchev–Trinajstić information content (AvgIpc) is 3.03. The van der Waals surface area contributed by atoms with Crippen molar-refractivity contribution in [2.45, 2.75) is 30.8 Å². The summed E-state index contributed by atoms with van der Waals surface area (Å²) < 4.78 is 34.8. The fourth-order valence-corrected chi connectivity index (χ4v) is 6.49. The number of benzene rings is 4. The van der Waals surface area contributed by atoms with Gasteiger partial charge in [-0.05, 0) is 54.4 Å². The predicted octanol–water partition coefficient (Wildman–Crippen LogP) is 5.89. The van der Waals surface area contributed by atoms with Gasteiger partial charge in [0.1, 0.15) is 18.3 Å². The highest BCUT2D eigenvalue weighted by Crippen LogP contribution is 2.33. The molecule has 1 N–H and O–H groups in total. The lowest BCUT2D eigenvalue weighted by atomic mass is 10.0. The molecule has 0 aliphatic heterocycles. The van der Waals surface area contributed by atoms with Gasteiger partial charge in [-0.25, -0.2) is 8.42 Å². The topological polar surface area (TPSA) is 96.0 Å². The lowest BCUT2D eigenvalue weighted by Crippen LogP contribution is -2.53. The minimum atomic E-state index is -4.26. The monoisotopic (exact) mass is 653 g/mol. The molecule has 0 aliphatic carbocycles. The molecule has 230 valence electrons. The Morgan fingerprint density at radius 3 is 2.16 bits per heavy atom. The van der Waals surface area contributed by atoms with Gasteiger partial charge in [0.05, 0.1) is 27.7 Å². The molecule has 0 aliphatic rings. The van der Waals surface area contributed by atoms with Gasteiger partial charge in [0, 0.05) is 20.0 Å². The van der Waals surface area contributed by atoms with Gasteiger partial charge in [-0.1, -0.05) is 89.4 Å². The number of methoxy groups -OCH3 is 1. The lowest BCUT2D eigenvalue weighted by molar-refractivity contribution is -0.139. The van der Waals surface area contributed by atoms with Crippen LogP contribution in [0.2, 0.25) is 10.0 Å². The number of para-hydroxylation sites is 2. The molecule has 0 saturated heterocycles. The Hall–Kier alpha value is -4.05. The van der Waals surface area contributed by atoms with E-state index >= 15 is 0 Å². The van der Waals surface area contributed by atoms with Crippen molar-refractivity contribution >= 4 is 50.7 Å². The third-order valence-corrected chi connectivity index (χ3v) is 9.61. The number of carbonyl (C=O) groups is 2. The molecule has 0 aromatic heterocycles. The number of anilines is 1. The van der Waals surface area contributed by atoms with Crippen molar-refractivity contribution in [3.05, 3.63) is 124 Å². The van der Waals surface area contributed by atoms with Crippen LogP contribution >= 0.6 is 23.2 Å². The molecule has 2 amide bonds. The maximum absolute atomic E-state index is 14.4. The first-order valence-electron chi connectivity index (χ1n) is 13.8. The lowest BCUT2D eigenvalue weighted by Gasteiger charge is -2.34. The normalized spacial score (nSPS) is 11.8. The molecular formula is C33H33Cl2N3O5S. The standard InChI is InChI=1S/C33H33Cl2N3O5S/c1-23-13-16-26(17-14-23)44(41,42)38(29-11-7-8-12-31(29)43-3)22-32(39)37(21-25-15-18-27(34)28(35)19-25)30(33(40)36-2)20-24-9-5-4-6-10-24/h4-19,30H,20-22H2,1-3H3,(H,36,40)/t30-/m0/s1. The zero-order valence-electron chi connectivity index (χ0n) is 24.5. The summed E-state index contributed by atoms with van der Waals surface area (Å²) in [5.74, 6) is -0.756. The van der Waals surface area contributed by atoms with E-state index < -0.39 is 34.4 Å².